The van der Waals surface area contributed by atoms with Crippen LogP contribution in [0, 0.1) is 11.8 Å². The molecule has 0 aromatic rings. The highest BCUT2D eigenvalue weighted by molar-refractivity contribution is 4.87. The molecule has 3 aliphatic rings. The van der Waals surface area contributed by atoms with Gasteiger partial charge in [-0.2, -0.15) is 0 Å². The maximum Gasteiger partial charge on any atom is 0.0469 e. The summed E-state index contributed by atoms with van der Waals surface area (Å²) in [6.45, 7) is 13.8. The van der Waals surface area contributed by atoms with E-state index in [4.69, 9.17) is 9.47 Å². The van der Waals surface area contributed by atoms with E-state index in [1.807, 2.05) is 0 Å². The van der Waals surface area contributed by atoms with Gasteiger partial charge in [-0.25, -0.2) is 0 Å². The van der Waals surface area contributed by atoms with E-state index in [1.165, 1.54) is 51.9 Å². The maximum atomic E-state index is 5.51. The molecule has 0 aromatic heterocycles. The van der Waals surface area contributed by atoms with Crippen LogP contribution in [0.15, 0.2) is 0 Å². The minimum Gasteiger partial charge on any atom is -0.381 e. The summed E-state index contributed by atoms with van der Waals surface area (Å²) in [5.41, 5.74) is 0. The van der Waals surface area contributed by atoms with Crippen molar-refractivity contribution in [2.45, 2.75) is 51.6 Å². The summed E-state index contributed by atoms with van der Waals surface area (Å²) >= 11 is 0. The second kappa shape index (κ2) is 8.09. The van der Waals surface area contributed by atoms with Crippen molar-refractivity contribution >= 4 is 0 Å². The molecule has 0 saturated carbocycles. The fourth-order valence-electron chi connectivity index (χ4n) is 4.50. The zero-order chi connectivity index (χ0) is 15.4. The smallest absolute Gasteiger partial charge is 0.0469 e. The van der Waals surface area contributed by atoms with Crippen LogP contribution in [0.25, 0.3) is 0 Å². The molecule has 3 saturated heterocycles. The molecule has 0 amide bonds. The molecular formula is C18H34N2O2. The minimum absolute atomic E-state index is 0.687. The standard InChI is InChI=1S/C18H34N2O2/c1-15-11-19(13-17-3-7-21-8-4-17)12-16(2)20(15)14-18-5-9-22-10-6-18/h15-18H,3-14H2,1-2H3/t15-,16-/m1/s1. The maximum absolute atomic E-state index is 5.51. The molecule has 3 heterocycles. The van der Waals surface area contributed by atoms with Crippen molar-refractivity contribution in [2.24, 2.45) is 11.8 Å². The Balaban J connectivity index is 1.47. The highest BCUT2D eigenvalue weighted by atomic mass is 16.5. The monoisotopic (exact) mass is 310 g/mol. The molecule has 0 aromatic carbocycles. The lowest BCUT2D eigenvalue weighted by Crippen LogP contribution is -2.58. The van der Waals surface area contributed by atoms with Crippen LogP contribution in [0.1, 0.15) is 39.5 Å². The van der Waals surface area contributed by atoms with E-state index >= 15 is 0 Å². The first-order chi connectivity index (χ1) is 10.7. The summed E-state index contributed by atoms with van der Waals surface area (Å²) in [6.07, 6.45) is 5.01. The molecule has 0 bridgehead atoms. The number of nitrogens with zero attached hydrogens (tertiary/aromatic N) is 2. The predicted molar refractivity (Wildman–Crippen MR) is 89.2 cm³/mol. The topological polar surface area (TPSA) is 24.9 Å². The van der Waals surface area contributed by atoms with Crippen LogP contribution in [-0.4, -0.2) is 74.5 Å². The molecule has 4 nitrogen and oxygen atoms in total. The van der Waals surface area contributed by atoms with E-state index < -0.39 is 0 Å². The second-order valence-electron chi connectivity index (χ2n) is 7.72. The van der Waals surface area contributed by atoms with E-state index in [1.54, 1.807) is 0 Å². The van der Waals surface area contributed by atoms with Gasteiger partial charge in [0, 0.05) is 64.7 Å². The molecule has 0 aliphatic carbocycles. The van der Waals surface area contributed by atoms with Gasteiger partial charge in [0.25, 0.3) is 0 Å². The minimum atomic E-state index is 0.687. The Morgan fingerprint density at radius 1 is 0.727 bits per heavy atom. The Bertz CT molecular complexity index is 315. The Labute approximate surface area is 136 Å². The fraction of sp³-hybridized carbons (Fsp3) is 1.00. The summed E-state index contributed by atoms with van der Waals surface area (Å²) in [4.78, 5) is 5.47. The largest absolute Gasteiger partial charge is 0.381 e. The lowest BCUT2D eigenvalue weighted by molar-refractivity contribution is -0.0107. The molecule has 0 spiro atoms. The number of ether oxygens (including phenoxy) is 2. The average molecular weight is 310 g/mol. The molecule has 4 heteroatoms. The summed E-state index contributed by atoms with van der Waals surface area (Å²) in [6, 6.07) is 1.37. The van der Waals surface area contributed by atoms with Gasteiger partial charge in [0.2, 0.25) is 0 Å². The Morgan fingerprint density at radius 2 is 1.18 bits per heavy atom. The molecule has 0 unspecified atom stereocenters. The van der Waals surface area contributed by atoms with Gasteiger partial charge in [-0.05, 0) is 51.4 Å². The summed E-state index contributed by atoms with van der Waals surface area (Å²) in [5, 5.41) is 0. The Hall–Kier alpha value is -0.160. The van der Waals surface area contributed by atoms with Gasteiger partial charge in [0.1, 0.15) is 0 Å². The van der Waals surface area contributed by atoms with E-state index in [0.717, 1.165) is 38.3 Å². The van der Waals surface area contributed by atoms with Gasteiger partial charge < -0.3 is 9.47 Å². The van der Waals surface area contributed by atoms with Gasteiger partial charge in [-0.15, -0.1) is 0 Å². The molecule has 3 fully saturated rings. The van der Waals surface area contributed by atoms with Gasteiger partial charge in [0.05, 0.1) is 0 Å². The third kappa shape index (κ3) is 4.44. The SMILES string of the molecule is C[C@@H]1CN(CC2CCOCC2)C[C@@H](C)N1CC1CCOCC1. The normalized spacial score (nSPS) is 34.1. The molecule has 2 atom stereocenters. The van der Waals surface area contributed by atoms with Crippen molar-refractivity contribution in [3.63, 3.8) is 0 Å². The first-order valence-electron chi connectivity index (χ1n) is 9.36. The van der Waals surface area contributed by atoms with Crippen molar-refractivity contribution in [2.75, 3.05) is 52.6 Å². The Kier molecular flexibility index (Phi) is 6.14. The van der Waals surface area contributed by atoms with Crippen molar-refractivity contribution in [3.8, 4) is 0 Å². The lowest BCUT2D eigenvalue weighted by atomic mass is 9.95. The van der Waals surface area contributed by atoms with Crippen LogP contribution in [0.4, 0.5) is 0 Å². The van der Waals surface area contributed by atoms with Crippen LogP contribution in [0.3, 0.4) is 0 Å². The Morgan fingerprint density at radius 3 is 1.68 bits per heavy atom. The summed E-state index contributed by atoms with van der Waals surface area (Å²) in [5.74, 6) is 1.70. The summed E-state index contributed by atoms with van der Waals surface area (Å²) in [7, 11) is 0. The molecule has 22 heavy (non-hydrogen) atoms. The highest BCUT2D eigenvalue weighted by Crippen LogP contribution is 2.24. The fourth-order valence-corrected chi connectivity index (χ4v) is 4.50. The molecule has 128 valence electrons. The summed E-state index contributed by atoms with van der Waals surface area (Å²) < 4.78 is 11.0. The van der Waals surface area contributed by atoms with E-state index in [9.17, 15) is 0 Å². The van der Waals surface area contributed by atoms with Crippen molar-refractivity contribution < 1.29 is 9.47 Å². The van der Waals surface area contributed by atoms with Crippen LogP contribution < -0.4 is 0 Å². The van der Waals surface area contributed by atoms with E-state index in [2.05, 4.69) is 23.6 Å². The average Bonchev–Trinajstić information content (AvgIpc) is 2.53. The number of hydrogen-bond acceptors (Lipinski definition) is 4. The van der Waals surface area contributed by atoms with Gasteiger partial charge in [-0.1, -0.05) is 0 Å². The molecule has 3 aliphatic heterocycles. The van der Waals surface area contributed by atoms with Crippen LogP contribution in [0.2, 0.25) is 0 Å². The van der Waals surface area contributed by atoms with Crippen molar-refractivity contribution in [1.29, 1.82) is 0 Å². The molecule has 0 N–H and O–H groups in total. The number of rotatable bonds is 4. The molecule has 0 radical (unpaired) electrons. The zero-order valence-electron chi connectivity index (χ0n) is 14.5. The zero-order valence-corrected chi connectivity index (χ0v) is 14.5. The van der Waals surface area contributed by atoms with E-state index in [-0.39, 0.29) is 0 Å². The van der Waals surface area contributed by atoms with Gasteiger partial charge >= 0.3 is 0 Å². The third-order valence-corrected chi connectivity index (χ3v) is 5.84. The lowest BCUT2D eigenvalue weighted by Gasteiger charge is -2.47. The number of hydrogen-bond donors (Lipinski definition) is 0. The van der Waals surface area contributed by atoms with Crippen molar-refractivity contribution in [1.82, 2.24) is 9.80 Å². The van der Waals surface area contributed by atoms with Crippen LogP contribution in [-0.2, 0) is 9.47 Å². The van der Waals surface area contributed by atoms with Gasteiger partial charge in [0.15, 0.2) is 0 Å². The number of piperazine rings is 1. The van der Waals surface area contributed by atoms with Gasteiger partial charge in [-0.3, -0.25) is 9.80 Å². The second-order valence-corrected chi connectivity index (χ2v) is 7.72. The van der Waals surface area contributed by atoms with Crippen molar-refractivity contribution in [3.05, 3.63) is 0 Å². The first-order valence-corrected chi connectivity index (χ1v) is 9.36. The van der Waals surface area contributed by atoms with Crippen LogP contribution in [0.5, 0.6) is 0 Å². The highest BCUT2D eigenvalue weighted by Gasteiger charge is 2.32. The molecular weight excluding hydrogens is 276 g/mol. The predicted octanol–water partition coefficient (Wildman–Crippen LogP) is 2.23. The first kappa shape index (κ1) is 16.7. The third-order valence-electron chi connectivity index (χ3n) is 5.84. The van der Waals surface area contributed by atoms with E-state index in [0.29, 0.717) is 12.1 Å². The molecule has 3 rings (SSSR count). The quantitative estimate of drug-likeness (QED) is 0.795. The van der Waals surface area contributed by atoms with Crippen LogP contribution >= 0.6 is 0 Å².